The molecule has 0 aromatic heterocycles. The molecule has 0 radical (unpaired) electrons. The van der Waals surface area contributed by atoms with E-state index in [1.807, 2.05) is 6.07 Å². The molecule has 0 bridgehead atoms. The molecule has 25 heavy (non-hydrogen) atoms. The highest BCUT2D eigenvalue weighted by molar-refractivity contribution is 14.0. The lowest BCUT2D eigenvalue weighted by Gasteiger charge is -2.20. The Bertz CT molecular complexity index is 536. The minimum atomic E-state index is 0. The number of halogens is 1. The monoisotopic (exact) mass is 460 g/mol. The summed E-state index contributed by atoms with van der Waals surface area (Å²) < 4.78 is 5.33. The molecule has 1 aliphatic heterocycles. The molecule has 0 amide bonds. The van der Waals surface area contributed by atoms with Crippen LogP contribution in [0.3, 0.4) is 0 Å². The van der Waals surface area contributed by atoms with E-state index in [9.17, 15) is 0 Å². The fourth-order valence-electron chi connectivity index (χ4n) is 2.90. The highest BCUT2D eigenvalue weighted by atomic mass is 127. The van der Waals surface area contributed by atoms with Gasteiger partial charge in [-0.15, -0.1) is 24.0 Å². The van der Waals surface area contributed by atoms with Crippen molar-refractivity contribution in [3.05, 3.63) is 24.3 Å². The first-order valence-corrected chi connectivity index (χ1v) is 9.03. The van der Waals surface area contributed by atoms with E-state index in [-0.39, 0.29) is 24.0 Å². The molecule has 2 N–H and O–H groups in total. The number of nitrogens with one attached hydrogen (secondary N) is 2. The van der Waals surface area contributed by atoms with E-state index >= 15 is 0 Å². The number of hydrogen-bond donors (Lipinski definition) is 2. The summed E-state index contributed by atoms with van der Waals surface area (Å²) in [5.74, 6) is 3.07. The van der Waals surface area contributed by atoms with Gasteiger partial charge in [-0.2, -0.15) is 0 Å². The predicted octanol–water partition coefficient (Wildman–Crippen LogP) is 3.35. The molecule has 1 aliphatic rings. The van der Waals surface area contributed by atoms with E-state index in [2.05, 4.69) is 59.5 Å². The van der Waals surface area contributed by atoms with Crippen molar-refractivity contribution in [1.29, 1.82) is 0 Å². The summed E-state index contributed by atoms with van der Waals surface area (Å²) in [7, 11) is 1.72. The van der Waals surface area contributed by atoms with Gasteiger partial charge in [0.1, 0.15) is 5.75 Å². The average molecular weight is 460 g/mol. The van der Waals surface area contributed by atoms with Crippen molar-refractivity contribution in [2.24, 2.45) is 16.8 Å². The van der Waals surface area contributed by atoms with Crippen LogP contribution in [0.4, 0.5) is 5.69 Å². The standard InChI is InChI=1S/C19H32N4O.HI/c1-5-20-19(21-12-15(2)3)22-13-16-9-10-23(14-16)17-7-6-8-18(11-17)24-4;/h6-8,11,15-16H,5,9-10,12-14H2,1-4H3,(H2,20,21,22);1H. The second-order valence-corrected chi connectivity index (χ2v) is 6.80. The predicted molar refractivity (Wildman–Crippen MR) is 118 cm³/mol. The third-order valence-corrected chi connectivity index (χ3v) is 4.22. The molecule has 0 saturated carbocycles. The lowest BCUT2D eigenvalue weighted by Crippen LogP contribution is -2.40. The largest absolute Gasteiger partial charge is 0.497 e. The molecular weight excluding hydrogens is 427 g/mol. The number of anilines is 1. The third kappa shape index (κ3) is 7.30. The van der Waals surface area contributed by atoms with Crippen LogP contribution in [0.15, 0.2) is 29.3 Å². The molecule has 2 rings (SSSR count). The molecule has 6 heteroatoms. The van der Waals surface area contributed by atoms with Crippen molar-refractivity contribution >= 4 is 35.6 Å². The Morgan fingerprint density at radius 1 is 1.36 bits per heavy atom. The minimum absolute atomic E-state index is 0. The number of guanidine groups is 1. The highest BCUT2D eigenvalue weighted by Gasteiger charge is 2.23. The molecule has 142 valence electrons. The Morgan fingerprint density at radius 3 is 2.84 bits per heavy atom. The second-order valence-electron chi connectivity index (χ2n) is 6.80. The molecule has 1 aromatic rings. The number of nitrogens with zero attached hydrogens (tertiary/aromatic N) is 2. The Labute approximate surface area is 169 Å². The molecule has 0 spiro atoms. The Kier molecular flexibility index (Phi) is 10.0. The maximum atomic E-state index is 5.33. The van der Waals surface area contributed by atoms with Gasteiger partial charge in [0.2, 0.25) is 0 Å². The maximum absolute atomic E-state index is 5.33. The average Bonchev–Trinajstić information content (AvgIpc) is 3.06. The summed E-state index contributed by atoms with van der Waals surface area (Å²) in [5.41, 5.74) is 1.25. The first kappa shape index (κ1) is 21.9. The normalized spacial score (nSPS) is 17.4. The summed E-state index contributed by atoms with van der Waals surface area (Å²) in [4.78, 5) is 7.08. The van der Waals surface area contributed by atoms with Crippen LogP contribution in [0.25, 0.3) is 0 Å². The maximum Gasteiger partial charge on any atom is 0.191 e. The van der Waals surface area contributed by atoms with Crippen LogP contribution in [-0.2, 0) is 0 Å². The molecule has 0 aliphatic carbocycles. The van der Waals surface area contributed by atoms with E-state index in [4.69, 9.17) is 4.74 Å². The van der Waals surface area contributed by atoms with Crippen LogP contribution in [-0.4, -0.2) is 45.8 Å². The minimum Gasteiger partial charge on any atom is -0.497 e. The molecule has 5 nitrogen and oxygen atoms in total. The molecular formula is C19H33IN4O. The van der Waals surface area contributed by atoms with Gasteiger partial charge in [0, 0.05) is 44.5 Å². The fourth-order valence-corrected chi connectivity index (χ4v) is 2.90. The van der Waals surface area contributed by atoms with Crippen molar-refractivity contribution in [3.8, 4) is 5.75 Å². The molecule has 1 heterocycles. The Morgan fingerprint density at radius 2 is 2.16 bits per heavy atom. The smallest absolute Gasteiger partial charge is 0.191 e. The summed E-state index contributed by atoms with van der Waals surface area (Å²) >= 11 is 0. The van der Waals surface area contributed by atoms with Gasteiger partial charge in [-0.25, -0.2) is 0 Å². The number of benzene rings is 1. The first-order valence-electron chi connectivity index (χ1n) is 9.03. The number of rotatable bonds is 7. The van der Waals surface area contributed by atoms with Gasteiger partial charge in [-0.05, 0) is 37.3 Å². The van der Waals surface area contributed by atoms with E-state index in [1.165, 1.54) is 12.1 Å². The van der Waals surface area contributed by atoms with Crippen molar-refractivity contribution in [2.45, 2.75) is 27.2 Å². The van der Waals surface area contributed by atoms with Gasteiger partial charge in [-0.3, -0.25) is 4.99 Å². The molecule has 1 aromatic carbocycles. The molecule has 1 unspecified atom stereocenters. The fraction of sp³-hybridized carbons (Fsp3) is 0.632. The molecule has 1 saturated heterocycles. The first-order chi connectivity index (χ1) is 11.6. The zero-order chi connectivity index (χ0) is 17.4. The zero-order valence-electron chi connectivity index (χ0n) is 15.9. The second kappa shape index (κ2) is 11.4. The number of ether oxygens (including phenoxy) is 1. The zero-order valence-corrected chi connectivity index (χ0v) is 18.2. The number of methoxy groups -OCH3 is 1. The number of hydrogen-bond acceptors (Lipinski definition) is 3. The lowest BCUT2D eigenvalue weighted by atomic mass is 10.1. The van der Waals surface area contributed by atoms with Crippen LogP contribution >= 0.6 is 24.0 Å². The van der Waals surface area contributed by atoms with Crippen LogP contribution in [0.2, 0.25) is 0 Å². The summed E-state index contributed by atoms with van der Waals surface area (Å²) in [6, 6.07) is 8.32. The molecule has 1 atom stereocenters. The van der Waals surface area contributed by atoms with Gasteiger partial charge < -0.3 is 20.3 Å². The van der Waals surface area contributed by atoms with Gasteiger partial charge in [0.05, 0.1) is 7.11 Å². The van der Waals surface area contributed by atoms with Crippen LogP contribution < -0.4 is 20.3 Å². The Balaban J connectivity index is 0.00000312. The van der Waals surface area contributed by atoms with Gasteiger partial charge in [0.25, 0.3) is 0 Å². The van der Waals surface area contributed by atoms with Crippen LogP contribution in [0.1, 0.15) is 27.2 Å². The highest BCUT2D eigenvalue weighted by Crippen LogP contribution is 2.26. The Hall–Kier alpha value is -1.18. The number of aliphatic imine (C=N–C) groups is 1. The van der Waals surface area contributed by atoms with Gasteiger partial charge >= 0.3 is 0 Å². The van der Waals surface area contributed by atoms with E-state index < -0.39 is 0 Å². The van der Waals surface area contributed by atoms with Crippen molar-refractivity contribution in [1.82, 2.24) is 10.6 Å². The SMILES string of the molecule is CCNC(=NCC(C)C)NCC1CCN(c2cccc(OC)c2)C1.I. The van der Waals surface area contributed by atoms with Gasteiger partial charge in [0.15, 0.2) is 5.96 Å². The molecule has 1 fully saturated rings. The topological polar surface area (TPSA) is 48.9 Å². The summed E-state index contributed by atoms with van der Waals surface area (Å²) in [6.07, 6.45) is 1.20. The summed E-state index contributed by atoms with van der Waals surface area (Å²) in [6.45, 7) is 11.4. The van der Waals surface area contributed by atoms with Crippen LogP contribution in [0.5, 0.6) is 5.75 Å². The van der Waals surface area contributed by atoms with Crippen molar-refractivity contribution in [3.63, 3.8) is 0 Å². The van der Waals surface area contributed by atoms with Crippen LogP contribution in [0, 0.1) is 11.8 Å². The van der Waals surface area contributed by atoms with Crippen molar-refractivity contribution in [2.75, 3.05) is 44.7 Å². The van der Waals surface area contributed by atoms with Gasteiger partial charge in [-0.1, -0.05) is 19.9 Å². The summed E-state index contributed by atoms with van der Waals surface area (Å²) in [5, 5.41) is 6.83. The van der Waals surface area contributed by atoms with E-state index in [0.717, 1.165) is 44.4 Å². The van der Waals surface area contributed by atoms with Crippen molar-refractivity contribution < 1.29 is 4.74 Å². The lowest BCUT2D eigenvalue weighted by molar-refractivity contribution is 0.415. The van der Waals surface area contributed by atoms with E-state index in [1.54, 1.807) is 7.11 Å². The third-order valence-electron chi connectivity index (χ3n) is 4.22. The quantitative estimate of drug-likeness (QED) is 0.372. The van der Waals surface area contributed by atoms with E-state index in [0.29, 0.717) is 11.8 Å².